The minimum atomic E-state index is -0.323. The topological polar surface area (TPSA) is 76.1 Å². The molecular weight excluding hydrogens is 572 g/mol. The van der Waals surface area contributed by atoms with Gasteiger partial charge in [-0.05, 0) is 73.7 Å². The highest BCUT2D eigenvalue weighted by atomic mass is 79.9. The number of hydrogen-bond donors (Lipinski definition) is 0. The molecule has 0 unspecified atom stereocenters. The van der Waals surface area contributed by atoms with E-state index < -0.39 is 0 Å². The number of aldehydes is 1. The molecule has 8 heteroatoms. The van der Waals surface area contributed by atoms with Crippen LogP contribution in [-0.2, 0) is 19.1 Å². The van der Waals surface area contributed by atoms with Crippen LogP contribution in [0.2, 0.25) is 0 Å². The number of carbonyl (C=O) groups excluding carboxylic acids is 3. The Labute approximate surface area is 247 Å². The molecule has 0 N–H and O–H groups in total. The van der Waals surface area contributed by atoms with Crippen LogP contribution in [0.3, 0.4) is 0 Å². The molecule has 2 aliphatic rings. The van der Waals surface area contributed by atoms with E-state index in [0.29, 0.717) is 0 Å². The number of ether oxygens (including phenoxy) is 2. The fourth-order valence-electron chi connectivity index (χ4n) is 4.50. The van der Waals surface area contributed by atoms with Crippen LogP contribution in [-0.4, -0.2) is 64.0 Å². The van der Waals surface area contributed by atoms with Crippen molar-refractivity contribution in [1.82, 2.24) is 0 Å². The van der Waals surface area contributed by atoms with E-state index in [1.807, 2.05) is 24.3 Å². The number of benzene rings is 2. The van der Waals surface area contributed by atoms with Crippen molar-refractivity contribution >= 4 is 51.6 Å². The molecule has 2 heterocycles. The van der Waals surface area contributed by atoms with Crippen molar-refractivity contribution in [3.63, 3.8) is 0 Å². The molecule has 2 saturated heterocycles. The Balaban J connectivity index is 0.000000238. The van der Waals surface area contributed by atoms with Crippen molar-refractivity contribution in [3.8, 4) is 0 Å². The van der Waals surface area contributed by atoms with E-state index in [4.69, 9.17) is 0 Å². The van der Waals surface area contributed by atoms with Crippen molar-refractivity contribution in [2.75, 3.05) is 55.5 Å². The van der Waals surface area contributed by atoms with Crippen LogP contribution in [0.25, 0.3) is 6.08 Å². The lowest BCUT2D eigenvalue weighted by molar-refractivity contribution is -0.137. The summed E-state index contributed by atoms with van der Waals surface area (Å²) in [6.07, 6.45) is 14.6. The Morgan fingerprint density at radius 3 is 1.45 bits per heavy atom. The zero-order valence-electron chi connectivity index (χ0n) is 23.9. The molecule has 2 aromatic rings. The minimum absolute atomic E-state index is 0.241. The number of esters is 2. The summed E-state index contributed by atoms with van der Waals surface area (Å²) in [7, 11) is 2.73. The van der Waals surface area contributed by atoms with Crippen LogP contribution in [0.15, 0.2) is 54.6 Å². The maximum Gasteiger partial charge on any atom is 0.330 e. The van der Waals surface area contributed by atoms with Crippen LogP contribution in [0.1, 0.15) is 67.3 Å². The molecule has 0 aromatic heterocycles. The third-order valence-corrected chi connectivity index (χ3v) is 7.27. The van der Waals surface area contributed by atoms with E-state index in [1.165, 1.54) is 83.0 Å². The molecule has 7 nitrogen and oxygen atoms in total. The molecule has 4 rings (SSSR count). The Morgan fingerprint density at radius 1 is 0.700 bits per heavy atom. The van der Waals surface area contributed by atoms with Gasteiger partial charge in [-0.3, -0.25) is 9.59 Å². The summed E-state index contributed by atoms with van der Waals surface area (Å²) in [5.41, 5.74) is 4.30. The van der Waals surface area contributed by atoms with Crippen molar-refractivity contribution < 1.29 is 23.9 Å². The van der Waals surface area contributed by atoms with Crippen LogP contribution < -0.4 is 9.80 Å². The van der Waals surface area contributed by atoms with Gasteiger partial charge in [-0.1, -0.05) is 53.7 Å². The van der Waals surface area contributed by atoms with Crippen LogP contribution in [0.4, 0.5) is 11.4 Å². The first-order valence-electron chi connectivity index (χ1n) is 14.0. The number of hydrogen-bond acceptors (Lipinski definition) is 7. The minimum Gasteiger partial charge on any atom is -0.468 e. The molecule has 0 spiro atoms. The SMILES string of the molecule is COC(=O)/C=C/c1ccc(N2CCCCCC2)cc1.COC(=O)CBr.O=Cc1ccc(N2CCCCCC2)cc1. The number of nitrogens with zero attached hydrogens (tertiary/aromatic N) is 2. The fraction of sp³-hybridized carbons (Fsp3) is 0.469. The van der Waals surface area contributed by atoms with Crippen molar-refractivity contribution in [2.24, 2.45) is 0 Å². The summed E-state index contributed by atoms with van der Waals surface area (Å²) in [4.78, 5) is 36.3. The van der Waals surface area contributed by atoms with E-state index in [1.54, 1.807) is 6.08 Å². The highest BCUT2D eigenvalue weighted by Gasteiger charge is 2.10. The lowest BCUT2D eigenvalue weighted by atomic mass is 10.1. The Morgan fingerprint density at radius 2 is 1.12 bits per heavy atom. The Kier molecular flexibility index (Phi) is 16.4. The lowest BCUT2D eigenvalue weighted by Gasteiger charge is -2.22. The molecule has 218 valence electrons. The van der Waals surface area contributed by atoms with Crippen molar-refractivity contribution in [1.29, 1.82) is 0 Å². The van der Waals surface area contributed by atoms with E-state index in [9.17, 15) is 14.4 Å². The number of anilines is 2. The fourth-order valence-corrected chi connectivity index (χ4v) is 4.73. The van der Waals surface area contributed by atoms with Gasteiger partial charge < -0.3 is 19.3 Å². The molecular formula is C32H43BrN2O5. The maximum atomic E-state index is 11.0. The zero-order chi connectivity index (χ0) is 29.0. The normalized spacial score (nSPS) is 15.4. The predicted octanol–water partition coefficient (Wildman–Crippen LogP) is 6.69. The summed E-state index contributed by atoms with van der Waals surface area (Å²) >= 11 is 2.90. The van der Waals surface area contributed by atoms with Gasteiger partial charge in [-0.2, -0.15) is 0 Å². The second-order valence-electron chi connectivity index (χ2n) is 9.67. The zero-order valence-corrected chi connectivity index (χ0v) is 25.4. The molecule has 2 fully saturated rings. The first kappa shape index (κ1) is 33.1. The predicted molar refractivity (Wildman–Crippen MR) is 166 cm³/mol. The summed E-state index contributed by atoms with van der Waals surface area (Å²) < 4.78 is 8.78. The van der Waals surface area contributed by atoms with E-state index in [-0.39, 0.29) is 17.3 Å². The van der Waals surface area contributed by atoms with E-state index >= 15 is 0 Å². The van der Waals surface area contributed by atoms with Gasteiger partial charge in [0.1, 0.15) is 11.6 Å². The van der Waals surface area contributed by atoms with Crippen molar-refractivity contribution in [2.45, 2.75) is 51.4 Å². The molecule has 40 heavy (non-hydrogen) atoms. The van der Waals surface area contributed by atoms with Gasteiger partial charge in [-0.15, -0.1) is 0 Å². The number of alkyl halides is 1. The first-order chi connectivity index (χ1) is 19.5. The van der Waals surface area contributed by atoms with Crippen molar-refractivity contribution in [3.05, 3.63) is 65.7 Å². The maximum absolute atomic E-state index is 11.0. The second-order valence-corrected chi connectivity index (χ2v) is 10.2. The number of methoxy groups -OCH3 is 2. The molecule has 2 aromatic carbocycles. The van der Waals surface area contributed by atoms with Crippen LogP contribution in [0, 0.1) is 0 Å². The number of rotatable bonds is 6. The lowest BCUT2D eigenvalue weighted by Crippen LogP contribution is -2.23. The Bertz CT molecular complexity index is 1020. The van der Waals surface area contributed by atoms with Crippen LogP contribution >= 0.6 is 15.9 Å². The Hall–Kier alpha value is -3.13. The third-order valence-electron chi connectivity index (χ3n) is 6.81. The largest absolute Gasteiger partial charge is 0.468 e. The van der Waals surface area contributed by atoms with Gasteiger partial charge in [0.25, 0.3) is 0 Å². The number of carbonyl (C=O) groups is 3. The summed E-state index contributed by atoms with van der Waals surface area (Å²) in [6.45, 7) is 4.61. The molecule has 0 amide bonds. The second kappa shape index (κ2) is 19.9. The highest BCUT2D eigenvalue weighted by Crippen LogP contribution is 2.21. The first-order valence-corrected chi connectivity index (χ1v) is 15.2. The van der Waals surface area contributed by atoms with Gasteiger partial charge in [-0.25, -0.2) is 4.79 Å². The standard InChI is InChI=1S/C16H21NO2.C13H17NO.C3H5BrO2/c1-19-16(18)11-8-14-6-9-15(10-7-14)17-12-4-2-3-5-13-17;15-11-12-5-7-13(8-6-12)14-9-3-1-2-4-10-14;1-6-3(5)2-4/h6-11H,2-5,12-13H2,1H3;5-8,11H,1-4,9-10H2;2H2,1H3/b11-8+;;. The average Bonchev–Trinajstić information content (AvgIpc) is 3.46. The smallest absolute Gasteiger partial charge is 0.330 e. The van der Waals surface area contributed by atoms with E-state index in [0.717, 1.165) is 43.6 Å². The molecule has 0 radical (unpaired) electrons. The van der Waals surface area contributed by atoms with Gasteiger partial charge in [0.05, 0.1) is 14.2 Å². The molecule has 0 atom stereocenters. The number of halogens is 1. The van der Waals surface area contributed by atoms with Gasteiger partial charge in [0.2, 0.25) is 0 Å². The third kappa shape index (κ3) is 12.8. The monoisotopic (exact) mass is 614 g/mol. The summed E-state index contributed by atoms with van der Waals surface area (Å²) in [6, 6.07) is 16.2. The van der Waals surface area contributed by atoms with E-state index in [2.05, 4.69) is 59.5 Å². The molecule has 0 aliphatic carbocycles. The quantitative estimate of drug-likeness (QED) is 0.155. The summed E-state index contributed by atoms with van der Waals surface area (Å²) in [5, 5.41) is 0.281. The average molecular weight is 616 g/mol. The van der Waals surface area contributed by atoms with Gasteiger partial charge >= 0.3 is 11.9 Å². The van der Waals surface area contributed by atoms with Crippen LogP contribution in [0.5, 0.6) is 0 Å². The highest BCUT2D eigenvalue weighted by molar-refractivity contribution is 9.09. The van der Waals surface area contributed by atoms with Gasteiger partial charge in [0.15, 0.2) is 0 Å². The molecule has 0 bridgehead atoms. The summed E-state index contributed by atoms with van der Waals surface area (Å²) in [5.74, 6) is -0.563. The van der Waals surface area contributed by atoms with Gasteiger partial charge in [0, 0.05) is 49.2 Å². The molecule has 0 saturated carbocycles. The molecule has 2 aliphatic heterocycles.